The van der Waals surface area contributed by atoms with Gasteiger partial charge in [0.1, 0.15) is 17.2 Å². The summed E-state index contributed by atoms with van der Waals surface area (Å²) in [6.07, 6.45) is 2.67. The van der Waals surface area contributed by atoms with Gasteiger partial charge in [-0.1, -0.05) is 54.1 Å². The first-order valence-electron chi connectivity index (χ1n) is 12.7. The van der Waals surface area contributed by atoms with Gasteiger partial charge in [0.2, 0.25) is 0 Å². The Hall–Kier alpha value is -3.91. The maximum atomic E-state index is 13.5. The molecular formula is C30H34FN3O4. The first-order chi connectivity index (χ1) is 18.0. The van der Waals surface area contributed by atoms with Gasteiger partial charge < -0.3 is 15.2 Å². The lowest BCUT2D eigenvalue weighted by atomic mass is 9.93. The maximum absolute atomic E-state index is 13.5. The predicted molar refractivity (Wildman–Crippen MR) is 143 cm³/mol. The zero-order valence-corrected chi connectivity index (χ0v) is 22.0. The van der Waals surface area contributed by atoms with Gasteiger partial charge in [-0.15, -0.1) is 0 Å². The van der Waals surface area contributed by atoms with Crippen LogP contribution in [-0.4, -0.2) is 33.4 Å². The van der Waals surface area contributed by atoms with Crippen molar-refractivity contribution in [3.8, 4) is 5.75 Å². The maximum Gasteiger partial charge on any atom is 0.347 e. The van der Waals surface area contributed by atoms with Gasteiger partial charge >= 0.3 is 12.0 Å². The van der Waals surface area contributed by atoms with E-state index in [4.69, 9.17) is 4.74 Å². The van der Waals surface area contributed by atoms with Gasteiger partial charge in [-0.05, 0) is 81.0 Å². The smallest absolute Gasteiger partial charge is 0.347 e. The second-order valence-electron chi connectivity index (χ2n) is 10.4. The van der Waals surface area contributed by atoms with Crippen LogP contribution in [0.15, 0.2) is 72.8 Å². The van der Waals surface area contributed by atoms with Crippen molar-refractivity contribution < 1.29 is 23.8 Å². The molecule has 1 fully saturated rings. The van der Waals surface area contributed by atoms with Crippen molar-refractivity contribution in [2.24, 2.45) is 0 Å². The largest absolute Gasteiger partial charge is 0.478 e. The minimum absolute atomic E-state index is 0.199. The number of benzene rings is 3. The van der Waals surface area contributed by atoms with Gasteiger partial charge in [0, 0.05) is 6.42 Å². The van der Waals surface area contributed by atoms with E-state index in [1.165, 1.54) is 26.0 Å². The number of hydrazine groups is 1. The molecule has 200 valence electrons. The molecule has 1 aliphatic rings. The van der Waals surface area contributed by atoms with E-state index in [9.17, 15) is 19.1 Å². The first-order valence-corrected chi connectivity index (χ1v) is 12.7. The third-order valence-electron chi connectivity index (χ3n) is 6.70. The minimum atomic E-state index is -1.31. The zero-order valence-electron chi connectivity index (χ0n) is 22.0. The molecule has 4 rings (SSSR count). The molecule has 1 atom stereocenters. The number of rotatable bonds is 11. The average molecular weight is 520 g/mol. The molecule has 0 aromatic heterocycles. The van der Waals surface area contributed by atoms with Crippen molar-refractivity contribution >= 4 is 12.0 Å². The van der Waals surface area contributed by atoms with E-state index in [0.717, 1.165) is 35.1 Å². The molecule has 2 amide bonds. The topological polar surface area (TPSA) is 90.9 Å². The van der Waals surface area contributed by atoms with Crippen LogP contribution in [0.2, 0.25) is 0 Å². The predicted octanol–water partition coefficient (Wildman–Crippen LogP) is 5.37. The number of ether oxygens (including phenoxy) is 1. The Morgan fingerprint density at radius 1 is 0.974 bits per heavy atom. The van der Waals surface area contributed by atoms with Crippen LogP contribution < -0.4 is 15.5 Å². The van der Waals surface area contributed by atoms with E-state index in [-0.39, 0.29) is 11.8 Å². The van der Waals surface area contributed by atoms with Crippen molar-refractivity contribution in [1.82, 2.24) is 15.8 Å². The van der Waals surface area contributed by atoms with E-state index >= 15 is 0 Å². The molecule has 8 heteroatoms. The van der Waals surface area contributed by atoms with Crippen LogP contribution in [0.25, 0.3) is 0 Å². The van der Waals surface area contributed by atoms with Crippen LogP contribution in [0, 0.1) is 12.7 Å². The zero-order chi connectivity index (χ0) is 27.3. The molecule has 38 heavy (non-hydrogen) atoms. The van der Waals surface area contributed by atoms with Gasteiger partial charge in [0.15, 0.2) is 5.60 Å². The fraction of sp³-hybridized carbons (Fsp3) is 0.333. The molecule has 0 bridgehead atoms. The second-order valence-corrected chi connectivity index (χ2v) is 10.4. The lowest BCUT2D eigenvalue weighted by Gasteiger charge is -2.30. The summed E-state index contributed by atoms with van der Waals surface area (Å²) in [5, 5.41) is 14.0. The number of carboxylic acid groups (broad SMARTS) is 1. The molecule has 3 aromatic carbocycles. The average Bonchev–Trinajstić information content (AvgIpc) is 3.17. The summed E-state index contributed by atoms with van der Waals surface area (Å²) in [6.45, 7) is 5.46. The van der Waals surface area contributed by atoms with Gasteiger partial charge in [-0.3, -0.25) is 5.01 Å². The fourth-order valence-corrected chi connectivity index (χ4v) is 4.49. The van der Waals surface area contributed by atoms with Crippen molar-refractivity contribution in [1.29, 1.82) is 0 Å². The molecule has 0 aliphatic carbocycles. The number of nitrogens with zero attached hydrogens (tertiary/aromatic N) is 1. The number of carbonyl (C=O) groups is 2. The number of hydrogen-bond acceptors (Lipinski definition) is 4. The summed E-state index contributed by atoms with van der Waals surface area (Å²) in [4.78, 5) is 24.3. The Morgan fingerprint density at radius 3 is 2.21 bits per heavy atom. The van der Waals surface area contributed by atoms with Crippen molar-refractivity contribution in [3.05, 3.63) is 101 Å². The summed E-state index contributed by atoms with van der Waals surface area (Å²) in [5.74, 6) is -0.840. The van der Waals surface area contributed by atoms with Gasteiger partial charge in [-0.25, -0.2) is 19.4 Å². The number of nitrogens with one attached hydrogen (secondary N) is 2. The highest BCUT2D eigenvalue weighted by Gasteiger charge is 2.41. The first kappa shape index (κ1) is 27.1. The van der Waals surface area contributed by atoms with E-state index < -0.39 is 17.2 Å². The molecule has 1 aliphatic heterocycles. The minimum Gasteiger partial charge on any atom is -0.478 e. The van der Waals surface area contributed by atoms with Crippen molar-refractivity contribution in [2.45, 2.75) is 64.3 Å². The van der Waals surface area contributed by atoms with Crippen molar-refractivity contribution in [2.75, 3.05) is 0 Å². The van der Waals surface area contributed by atoms with Gasteiger partial charge in [-0.2, -0.15) is 0 Å². The normalized spacial score (nSPS) is 17.4. The van der Waals surface area contributed by atoms with Crippen LogP contribution in [-0.2, 0) is 24.2 Å². The summed E-state index contributed by atoms with van der Waals surface area (Å²) >= 11 is 0. The number of hydrogen-bond donors (Lipinski definition) is 3. The number of urea groups is 1. The molecule has 3 aromatic rings. The Morgan fingerprint density at radius 2 is 1.58 bits per heavy atom. The highest BCUT2D eigenvalue weighted by molar-refractivity contribution is 5.77. The number of carbonyl (C=O) groups excluding carboxylic acids is 1. The summed E-state index contributed by atoms with van der Waals surface area (Å²) in [6, 6.07) is 21.6. The molecule has 0 saturated carbocycles. The highest BCUT2D eigenvalue weighted by atomic mass is 19.1. The molecule has 7 nitrogen and oxygen atoms in total. The molecule has 0 radical (unpaired) electrons. The van der Waals surface area contributed by atoms with Crippen LogP contribution >= 0.6 is 0 Å². The molecular weight excluding hydrogens is 485 g/mol. The van der Waals surface area contributed by atoms with Crippen LogP contribution in [0.1, 0.15) is 48.9 Å². The third kappa shape index (κ3) is 6.89. The number of aryl methyl sites for hydroxylation is 2. The Balaban J connectivity index is 1.43. The van der Waals surface area contributed by atoms with E-state index in [0.29, 0.717) is 25.1 Å². The molecule has 0 spiro atoms. The Bertz CT molecular complexity index is 1260. The number of amides is 2. The van der Waals surface area contributed by atoms with E-state index in [1.807, 2.05) is 43.3 Å². The van der Waals surface area contributed by atoms with Crippen LogP contribution in [0.5, 0.6) is 5.75 Å². The summed E-state index contributed by atoms with van der Waals surface area (Å²) < 4.78 is 19.1. The van der Waals surface area contributed by atoms with Gasteiger partial charge in [0.25, 0.3) is 0 Å². The number of aliphatic carboxylic acids is 1. The van der Waals surface area contributed by atoms with E-state index in [2.05, 4.69) is 10.7 Å². The molecule has 1 heterocycles. The molecule has 3 N–H and O–H groups in total. The van der Waals surface area contributed by atoms with E-state index in [1.54, 1.807) is 29.3 Å². The summed E-state index contributed by atoms with van der Waals surface area (Å²) in [5.41, 5.74) is 5.55. The van der Waals surface area contributed by atoms with Gasteiger partial charge in [0.05, 0.1) is 6.54 Å². The SMILES string of the molecule is Cc1ccc(CN2NC(CCCc3ccc(OC(C)(C)C(=O)O)cc3)(Cc3ccc(F)cc3)NC2=O)cc1. The monoisotopic (exact) mass is 519 g/mol. The Labute approximate surface area is 222 Å². The third-order valence-corrected chi connectivity index (χ3v) is 6.70. The quantitative estimate of drug-likeness (QED) is 0.317. The highest BCUT2D eigenvalue weighted by Crippen LogP contribution is 2.26. The molecule has 1 unspecified atom stereocenters. The van der Waals surface area contributed by atoms with Crippen molar-refractivity contribution in [3.63, 3.8) is 0 Å². The molecule has 1 saturated heterocycles. The fourth-order valence-electron chi connectivity index (χ4n) is 4.49. The lowest BCUT2D eigenvalue weighted by Crippen LogP contribution is -2.53. The Kier molecular flexibility index (Phi) is 8.02. The summed E-state index contributed by atoms with van der Waals surface area (Å²) in [7, 11) is 0. The number of halogens is 1. The second kappa shape index (κ2) is 11.2. The van der Waals surface area contributed by atoms with Crippen LogP contribution in [0.3, 0.4) is 0 Å². The number of carboxylic acids is 1. The van der Waals surface area contributed by atoms with Crippen LogP contribution in [0.4, 0.5) is 9.18 Å². The lowest BCUT2D eigenvalue weighted by molar-refractivity contribution is -0.152. The standard InChI is InChI=1S/C30H34FN3O4/c1-21-6-8-24(9-7-21)20-34-28(37)32-30(33-34,19-23-10-14-25(31)15-11-23)18-4-5-22-12-16-26(17-13-22)38-29(2,3)27(35)36/h6-17,33H,4-5,18-20H2,1-3H3,(H,32,37)(H,35,36).